The summed E-state index contributed by atoms with van der Waals surface area (Å²) in [6, 6.07) is 3.51. The lowest BCUT2D eigenvalue weighted by atomic mass is 10.4. The second-order valence-corrected chi connectivity index (χ2v) is 5.40. The van der Waals surface area contributed by atoms with Gasteiger partial charge in [-0.1, -0.05) is 15.9 Å². The molecule has 1 unspecified atom stereocenters. The molecule has 0 aliphatic heterocycles. The van der Waals surface area contributed by atoms with Crippen molar-refractivity contribution in [3.05, 3.63) is 42.2 Å². The van der Waals surface area contributed by atoms with Gasteiger partial charge in [0, 0.05) is 12.1 Å². The molecule has 2 aromatic heterocycles. The predicted molar refractivity (Wildman–Crippen MR) is 75.5 cm³/mol. The molecule has 0 aliphatic carbocycles. The molecule has 0 radical (unpaired) electrons. The zero-order valence-corrected chi connectivity index (χ0v) is 12.4. The first-order valence-corrected chi connectivity index (χ1v) is 6.77. The minimum atomic E-state index is -0.754. The number of carbonyl (C=O) groups excluding carboxylic acids is 1. The highest BCUT2D eigenvalue weighted by Gasteiger charge is 2.13. The fraction of sp³-hybridized carbons (Fsp3) is 0.154. The lowest BCUT2D eigenvalue weighted by Crippen LogP contribution is -2.21. The molecule has 0 saturated heterocycles. The molecular formula is C13H10BrF2N3O2. The molecule has 0 bridgehead atoms. The smallest absolute Gasteiger partial charge is 0.239 e. The van der Waals surface area contributed by atoms with E-state index in [2.05, 4.69) is 31.2 Å². The second kappa shape index (κ2) is 6.57. The third-order valence-electron chi connectivity index (χ3n) is 2.34. The summed E-state index contributed by atoms with van der Waals surface area (Å²) in [5, 5.41) is 2.32. The number of nitrogens with zero attached hydrogens (tertiary/aromatic N) is 2. The molecule has 2 heterocycles. The summed E-state index contributed by atoms with van der Waals surface area (Å²) in [5.41, 5.74) is 0. The van der Waals surface area contributed by atoms with Crippen molar-refractivity contribution >= 4 is 27.7 Å². The van der Waals surface area contributed by atoms with Crippen LogP contribution in [0.15, 0.2) is 30.6 Å². The highest BCUT2D eigenvalue weighted by Crippen LogP contribution is 2.22. The largest absolute Gasteiger partial charge is 0.437 e. The van der Waals surface area contributed by atoms with Gasteiger partial charge in [0.25, 0.3) is 0 Å². The van der Waals surface area contributed by atoms with Gasteiger partial charge in [0.2, 0.25) is 11.8 Å². The molecule has 0 aromatic carbocycles. The maximum absolute atomic E-state index is 13.8. The fourth-order valence-electron chi connectivity index (χ4n) is 1.33. The number of pyridine rings is 2. The first kappa shape index (κ1) is 15.3. The van der Waals surface area contributed by atoms with E-state index in [9.17, 15) is 13.6 Å². The van der Waals surface area contributed by atoms with Crippen LogP contribution in [0.3, 0.4) is 0 Å². The van der Waals surface area contributed by atoms with Crippen molar-refractivity contribution in [1.82, 2.24) is 9.97 Å². The molecule has 2 rings (SSSR count). The predicted octanol–water partition coefficient (Wildman–Crippen LogP) is 3.27. The second-order valence-electron chi connectivity index (χ2n) is 4.02. The number of ether oxygens (including phenoxy) is 1. The van der Waals surface area contributed by atoms with Crippen LogP contribution in [0.4, 0.5) is 14.6 Å². The summed E-state index contributed by atoms with van der Waals surface area (Å²) in [5.74, 6) is -1.70. The zero-order chi connectivity index (χ0) is 15.4. The average molecular weight is 358 g/mol. The lowest BCUT2D eigenvalue weighted by Gasteiger charge is -2.08. The topological polar surface area (TPSA) is 64.1 Å². The van der Waals surface area contributed by atoms with Crippen molar-refractivity contribution in [2.75, 3.05) is 5.32 Å². The minimum Gasteiger partial charge on any atom is -0.437 e. The van der Waals surface area contributed by atoms with E-state index in [1.54, 1.807) is 6.92 Å². The van der Waals surface area contributed by atoms with E-state index >= 15 is 0 Å². The Morgan fingerprint density at radius 2 is 2.10 bits per heavy atom. The number of rotatable bonds is 4. The Labute approximate surface area is 127 Å². The normalized spacial score (nSPS) is 11.8. The molecule has 1 N–H and O–H groups in total. The highest BCUT2D eigenvalue weighted by atomic mass is 79.9. The van der Waals surface area contributed by atoms with Gasteiger partial charge in [0.15, 0.2) is 17.4 Å². The van der Waals surface area contributed by atoms with Gasteiger partial charge in [-0.3, -0.25) is 4.79 Å². The van der Waals surface area contributed by atoms with E-state index in [0.717, 1.165) is 18.3 Å². The molecule has 0 aliphatic rings. The fourth-order valence-corrected chi connectivity index (χ4v) is 1.44. The van der Waals surface area contributed by atoms with Crippen LogP contribution in [0.2, 0.25) is 0 Å². The average Bonchev–Trinajstić information content (AvgIpc) is 2.44. The summed E-state index contributed by atoms with van der Waals surface area (Å²) in [6.07, 6.45) is 2.20. The van der Waals surface area contributed by atoms with Crippen LogP contribution in [-0.4, -0.2) is 20.7 Å². The Bertz CT molecular complexity index is 650. The molecular weight excluding hydrogens is 348 g/mol. The number of alkyl halides is 1. The quantitative estimate of drug-likeness (QED) is 0.853. The molecule has 8 heteroatoms. The molecule has 0 spiro atoms. The lowest BCUT2D eigenvalue weighted by molar-refractivity contribution is -0.115. The molecule has 0 saturated carbocycles. The van der Waals surface area contributed by atoms with Gasteiger partial charge < -0.3 is 10.1 Å². The molecule has 1 amide bonds. The van der Waals surface area contributed by atoms with Crippen molar-refractivity contribution in [2.45, 2.75) is 11.8 Å². The summed E-state index contributed by atoms with van der Waals surface area (Å²) in [6.45, 7) is 1.60. The van der Waals surface area contributed by atoms with Crippen LogP contribution >= 0.6 is 15.9 Å². The number of amides is 1. The van der Waals surface area contributed by atoms with Gasteiger partial charge in [-0.15, -0.1) is 0 Å². The van der Waals surface area contributed by atoms with Crippen molar-refractivity contribution in [3.63, 3.8) is 0 Å². The molecule has 1 atom stereocenters. The number of nitrogens with one attached hydrogen (secondary N) is 1. The Balaban J connectivity index is 2.11. The van der Waals surface area contributed by atoms with E-state index in [1.165, 1.54) is 12.3 Å². The SMILES string of the molecule is CC(Br)C(=O)Nc1ncc(Oc2ccc(F)cn2)cc1F. The first-order chi connectivity index (χ1) is 9.95. The molecule has 110 valence electrons. The maximum Gasteiger partial charge on any atom is 0.239 e. The summed E-state index contributed by atoms with van der Waals surface area (Å²) >= 11 is 3.06. The van der Waals surface area contributed by atoms with E-state index in [1.807, 2.05) is 0 Å². The summed E-state index contributed by atoms with van der Waals surface area (Å²) in [7, 11) is 0. The molecule has 21 heavy (non-hydrogen) atoms. The number of hydrogen-bond acceptors (Lipinski definition) is 4. The number of aromatic nitrogens is 2. The number of anilines is 1. The van der Waals surface area contributed by atoms with Crippen molar-refractivity contribution in [3.8, 4) is 11.6 Å². The number of carbonyl (C=O) groups is 1. The van der Waals surface area contributed by atoms with E-state index < -0.39 is 22.4 Å². The van der Waals surface area contributed by atoms with Crippen LogP contribution < -0.4 is 10.1 Å². The van der Waals surface area contributed by atoms with Gasteiger partial charge in [0.05, 0.1) is 17.2 Å². The van der Waals surface area contributed by atoms with Crippen molar-refractivity contribution in [2.24, 2.45) is 0 Å². The molecule has 5 nitrogen and oxygen atoms in total. The van der Waals surface area contributed by atoms with Crippen LogP contribution in [0.25, 0.3) is 0 Å². The standard InChI is InChI=1S/C13H10BrF2N3O2/c1-7(14)13(20)19-12-10(16)4-9(6-18-12)21-11-3-2-8(15)5-17-11/h2-7H,1H3,(H,18,19,20). The Kier molecular flexibility index (Phi) is 4.79. The third kappa shape index (κ3) is 4.19. The van der Waals surface area contributed by atoms with Crippen LogP contribution in [0, 0.1) is 11.6 Å². The Morgan fingerprint density at radius 3 is 2.67 bits per heavy atom. The number of halogens is 3. The van der Waals surface area contributed by atoms with Crippen molar-refractivity contribution < 1.29 is 18.3 Å². The van der Waals surface area contributed by atoms with E-state index in [4.69, 9.17) is 4.74 Å². The zero-order valence-electron chi connectivity index (χ0n) is 10.8. The van der Waals surface area contributed by atoms with Crippen LogP contribution in [-0.2, 0) is 4.79 Å². The monoisotopic (exact) mass is 357 g/mol. The molecule has 0 fully saturated rings. The summed E-state index contributed by atoms with van der Waals surface area (Å²) < 4.78 is 31.7. The van der Waals surface area contributed by atoms with Crippen LogP contribution in [0.5, 0.6) is 11.6 Å². The van der Waals surface area contributed by atoms with Gasteiger partial charge in [-0.25, -0.2) is 18.7 Å². The van der Waals surface area contributed by atoms with E-state index in [0.29, 0.717) is 0 Å². The number of hydrogen-bond donors (Lipinski definition) is 1. The van der Waals surface area contributed by atoms with Gasteiger partial charge >= 0.3 is 0 Å². The highest BCUT2D eigenvalue weighted by molar-refractivity contribution is 9.10. The Hall–Kier alpha value is -2.09. The van der Waals surface area contributed by atoms with Crippen molar-refractivity contribution in [1.29, 1.82) is 0 Å². The van der Waals surface area contributed by atoms with Gasteiger partial charge in [0.1, 0.15) is 5.82 Å². The van der Waals surface area contributed by atoms with E-state index in [-0.39, 0.29) is 17.4 Å². The van der Waals surface area contributed by atoms with Crippen LogP contribution in [0.1, 0.15) is 6.92 Å². The summed E-state index contributed by atoms with van der Waals surface area (Å²) in [4.78, 5) is 18.4. The first-order valence-electron chi connectivity index (χ1n) is 5.85. The van der Waals surface area contributed by atoms with Gasteiger partial charge in [-0.2, -0.15) is 0 Å². The minimum absolute atomic E-state index is 0.0801. The molecule has 2 aromatic rings. The maximum atomic E-state index is 13.8. The van der Waals surface area contributed by atoms with Gasteiger partial charge in [-0.05, 0) is 13.0 Å². The Morgan fingerprint density at radius 1 is 1.33 bits per heavy atom. The third-order valence-corrected chi connectivity index (χ3v) is 2.76.